The second-order valence-electron chi connectivity index (χ2n) is 6.54. The summed E-state index contributed by atoms with van der Waals surface area (Å²) in [6.07, 6.45) is 5.92. The van der Waals surface area contributed by atoms with Crippen LogP contribution < -0.4 is 5.73 Å². The van der Waals surface area contributed by atoms with Gasteiger partial charge in [0.15, 0.2) is 5.82 Å². The van der Waals surface area contributed by atoms with Crippen LogP contribution >= 0.6 is 0 Å². The highest BCUT2D eigenvalue weighted by atomic mass is 16.5. The predicted molar refractivity (Wildman–Crippen MR) is 77.4 cm³/mol. The maximum Gasteiger partial charge on any atom is 0.232 e. The van der Waals surface area contributed by atoms with E-state index in [1.807, 2.05) is 20.8 Å². The van der Waals surface area contributed by atoms with E-state index < -0.39 is 5.54 Å². The summed E-state index contributed by atoms with van der Waals surface area (Å²) in [6, 6.07) is 0. The predicted octanol–water partition coefficient (Wildman–Crippen LogP) is 2.89. The number of ether oxygens (including phenoxy) is 1. The van der Waals surface area contributed by atoms with Crippen LogP contribution in [-0.2, 0) is 15.7 Å². The van der Waals surface area contributed by atoms with Crippen LogP contribution in [0.2, 0.25) is 0 Å². The van der Waals surface area contributed by atoms with Crippen LogP contribution in [0.1, 0.15) is 71.5 Å². The van der Waals surface area contributed by atoms with Crippen LogP contribution in [-0.4, -0.2) is 22.9 Å². The minimum absolute atomic E-state index is 0.0697. The molecule has 0 bridgehead atoms. The number of hydrogen-bond acceptors (Lipinski definition) is 5. The number of hydrogen-bond donors (Lipinski definition) is 1. The van der Waals surface area contributed by atoms with Gasteiger partial charge < -0.3 is 15.0 Å². The van der Waals surface area contributed by atoms with Gasteiger partial charge in [0.1, 0.15) is 5.54 Å². The van der Waals surface area contributed by atoms with E-state index in [-0.39, 0.29) is 11.5 Å². The zero-order chi connectivity index (χ0) is 14.8. The smallest absolute Gasteiger partial charge is 0.232 e. The molecule has 1 aromatic rings. The van der Waals surface area contributed by atoms with Gasteiger partial charge in [-0.1, -0.05) is 24.9 Å². The fourth-order valence-corrected chi connectivity index (χ4v) is 2.85. The molecule has 114 valence electrons. The van der Waals surface area contributed by atoms with Crippen molar-refractivity contribution in [3.63, 3.8) is 0 Å². The number of aromatic nitrogens is 2. The maximum absolute atomic E-state index is 6.27. The molecule has 0 radical (unpaired) electrons. The molecule has 5 nitrogen and oxygen atoms in total. The standard InChI is InChI=1S/C15H27N3O2/c1-5-15(8-6-7-9-15)13-17-12(18-20-13)14(4,16)10-19-11(2)3/h11H,5-10,16H2,1-4H3. The van der Waals surface area contributed by atoms with Crippen molar-refractivity contribution in [1.29, 1.82) is 0 Å². The van der Waals surface area contributed by atoms with Gasteiger partial charge in [0.2, 0.25) is 5.89 Å². The summed E-state index contributed by atoms with van der Waals surface area (Å²) in [7, 11) is 0. The highest BCUT2D eigenvalue weighted by molar-refractivity contribution is 5.11. The summed E-state index contributed by atoms with van der Waals surface area (Å²) < 4.78 is 11.1. The molecule has 1 saturated carbocycles. The van der Waals surface area contributed by atoms with Crippen LogP contribution in [0.3, 0.4) is 0 Å². The molecule has 5 heteroatoms. The zero-order valence-electron chi connectivity index (χ0n) is 13.1. The quantitative estimate of drug-likeness (QED) is 0.867. The van der Waals surface area contributed by atoms with E-state index in [2.05, 4.69) is 17.1 Å². The van der Waals surface area contributed by atoms with Gasteiger partial charge in [-0.25, -0.2) is 0 Å². The molecule has 1 heterocycles. The SMILES string of the molecule is CCC1(c2nc(C(C)(N)COC(C)C)no2)CCCC1. The Morgan fingerprint density at radius 1 is 1.40 bits per heavy atom. The van der Waals surface area contributed by atoms with Crippen LogP contribution in [0.5, 0.6) is 0 Å². The Morgan fingerprint density at radius 2 is 2.05 bits per heavy atom. The normalized spacial score (nSPS) is 21.3. The molecule has 0 saturated heterocycles. The van der Waals surface area contributed by atoms with Gasteiger partial charge in [0, 0.05) is 5.41 Å². The summed E-state index contributed by atoms with van der Waals surface area (Å²) >= 11 is 0. The van der Waals surface area contributed by atoms with Gasteiger partial charge in [-0.2, -0.15) is 4.98 Å². The molecule has 2 N–H and O–H groups in total. The Kier molecular flexibility index (Phi) is 4.49. The van der Waals surface area contributed by atoms with E-state index in [0.29, 0.717) is 12.4 Å². The summed E-state index contributed by atoms with van der Waals surface area (Å²) in [5.41, 5.74) is 5.63. The topological polar surface area (TPSA) is 74.2 Å². The highest BCUT2D eigenvalue weighted by Gasteiger charge is 2.40. The minimum Gasteiger partial charge on any atom is -0.376 e. The fraction of sp³-hybridized carbons (Fsp3) is 0.867. The molecule has 0 amide bonds. The fourth-order valence-electron chi connectivity index (χ4n) is 2.85. The molecule has 1 aliphatic carbocycles. The van der Waals surface area contributed by atoms with Crippen LogP contribution in [0.15, 0.2) is 4.52 Å². The Balaban J connectivity index is 2.15. The lowest BCUT2D eigenvalue weighted by atomic mass is 9.83. The highest BCUT2D eigenvalue weighted by Crippen LogP contribution is 2.43. The molecule has 1 aromatic heterocycles. The van der Waals surface area contributed by atoms with E-state index >= 15 is 0 Å². The third-order valence-corrected chi connectivity index (χ3v) is 4.34. The summed E-state index contributed by atoms with van der Waals surface area (Å²) in [5, 5.41) is 4.11. The molecular formula is C15H27N3O2. The molecule has 20 heavy (non-hydrogen) atoms. The van der Waals surface area contributed by atoms with E-state index in [1.165, 1.54) is 12.8 Å². The molecule has 0 aliphatic heterocycles. The monoisotopic (exact) mass is 281 g/mol. The van der Waals surface area contributed by atoms with Gasteiger partial charge in [-0.15, -0.1) is 0 Å². The molecule has 1 aliphatic rings. The van der Waals surface area contributed by atoms with Gasteiger partial charge in [0.05, 0.1) is 12.7 Å². The van der Waals surface area contributed by atoms with Gasteiger partial charge in [0.25, 0.3) is 0 Å². The van der Waals surface area contributed by atoms with Crippen molar-refractivity contribution in [2.45, 2.75) is 76.9 Å². The van der Waals surface area contributed by atoms with Crippen molar-refractivity contribution in [3.8, 4) is 0 Å². The van der Waals surface area contributed by atoms with Gasteiger partial charge >= 0.3 is 0 Å². The minimum atomic E-state index is -0.709. The van der Waals surface area contributed by atoms with E-state index in [4.69, 9.17) is 15.0 Å². The average molecular weight is 281 g/mol. The molecular weight excluding hydrogens is 254 g/mol. The Morgan fingerprint density at radius 3 is 2.60 bits per heavy atom. The summed E-state index contributed by atoms with van der Waals surface area (Å²) in [4.78, 5) is 4.60. The van der Waals surface area contributed by atoms with Crippen molar-refractivity contribution in [2.75, 3.05) is 6.61 Å². The van der Waals surface area contributed by atoms with Crippen LogP contribution in [0.4, 0.5) is 0 Å². The zero-order valence-corrected chi connectivity index (χ0v) is 13.1. The molecule has 1 fully saturated rings. The van der Waals surface area contributed by atoms with E-state index in [9.17, 15) is 0 Å². The third-order valence-electron chi connectivity index (χ3n) is 4.34. The molecule has 1 atom stereocenters. The lowest BCUT2D eigenvalue weighted by Gasteiger charge is -2.23. The Hall–Kier alpha value is -0.940. The summed E-state index contributed by atoms with van der Waals surface area (Å²) in [5.74, 6) is 1.31. The van der Waals surface area contributed by atoms with Gasteiger partial charge in [-0.3, -0.25) is 0 Å². The number of rotatable bonds is 6. The van der Waals surface area contributed by atoms with Gasteiger partial charge in [-0.05, 0) is 40.0 Å². The first-order valence-corrected chi connectivity index (χ1v) is 7.65. The second-order valence-corrected chi connectivity index (χ2v) is 6.54. The van der Waals surface area contributed by atoms with Crippen molar-refractivity contribution < 1.29 is 9.26 Å². The Labute approximate surface area is 121 Å². The first kappa shape index (κ1) is 15.4. The average Bonchev–Trinajstić information content (AvgIpc) is 3.06. The van der Waals surface area contributed by atoms with Crippen molar-refractivity contribution in [1.82, 2.24) is 10.1 Å². The van der Waals surface area contributed by atoms with Crippen LogP contribution in [0, 0.1) is 0 Å². The van der Waals surface area contributed by atoms with E-state index in [0.717, 1.165) is 25.2 Å². The first-order chi connectivity index (χ1) is 9.39. The van der Waals surface area contributed by atoms with Crippen LogP contribution in [0.25, 0.3) is 0 Å². The number of nitrogens with two attached hydrogens (primary N) is 1. The molecule has 1 unspecified atom stereocenters. The lowest BCUT2D eigenvalue weighted by Crippen LogP contribution is -2.40. The summed E-state index contributed by atoms with van der Waals surface area (Å²) in [6.45, 7) is 8.45. The van der Waals surface area contributed by atoms with Crippen molar-refractivity contribution in [3.05, 3.63) is 11.7 Å². The Bertz CT molecular complexity index is 434. The molecule has 2 rings (SSSR count). The number of nitrogens with zero attached hydrogens (tertiary/aromatic N) is 2. The largest absolute Gasteiger partial charge is 0.376 e. The first-order valence-electron chi connectivity index (χ1n) is 7.65. The van der Waals surface area contributed by atoms with E-state index in [1.54, 1.807) is 0 Å². The van der Waals surface area contributed by atoms with Crippen molar-refractivity contribution in [2.24, 2.45) is 5.73 Å². The second kappa shape index (κ2) is 5.82. The lowest BCUT2D eigenvalue weighted by molar-refractivity contribution is 0.0410. The maximum atomic E-state index is 6.27. The third kappa shape index (κ3) is 3.04. The molecule has 0 spiro atoms. The van der Waals surface area contributed by atoms with Crippen molar-refractivity contribution >= 4 is 0 Å². The molecule has 0 aromatic carbocycles.